The number of nitrogens with one attached hydrogen (secondary N) is 1. The van der Waals surface area contributed by atoms with Crippen LogP contribution in [0.2, 0.25) is 0 Å². The Morgan fingerprint density at radius 2 is 2.00 bits per heavy atom. The first kappa shape index (κ1) is 15.8. The van der Waals surface area contributed by atoms with E-state index in [1.807, 2.05) is 24.3 Å². The van der Waals surface area contributed by atoms with Gasteiger partial charge < -0.3 is 5.32 Å². The van der Waals surface area contributed by atoms with Gasteiger partial charge in [0, 0.05) is 37.6 Å². The molecule has 0 radical (unpaired) electrons. The molecular formula is C21H21N3O. The van der Waals surface area contributed by atoms with E-state index in [4.69, 9.17) is 4.98 Å². The number of rotatable bonds is 3. The highest BCUT2D eigenvalue weighted by atomic mass is 16.1. The Balaban J connectivity index is 1.53. The van der Waals surface area contributed by atoms with E-state index < -0.39 is 0 Å². The number of fused-ring (bicyclic) bond motifs is 2. The van der Waals surface area contributed by atoms with Gasteiger partial charge in [-0.05, 0) is 35.7 Å². The van der Waals surface area contributed by atoms with Crippen LogP contribution in [0.5, 0.6) is 0 Å². The van der Waals surface area contributed by atoms with Crippen LogP contribution in [0.1, 0.15) is 23.7 Å². The van der Waals surface area contributed by atoms with Crippen molar-refractivity contribution in [2.75, 3.05) is 11.9 Å². The molecule has 3 aromatic rings. The molecule has 0 spiro atoms. The van der Waals surface area contributed by atoms with Gasteiger partial charge in [0.15, 0.2) is 0 Å². The first-order chi connectivity index (χ1) is 12.2. The highest BCUT2D eigenvalue weighted by Gasteiger charge is 2.19. The fourth-order valence-electron chi connectivity index (χ4n) is 3.54. The quantitative estimate of drug-likeness (QED) is 0.795. The smallest absolute Gasteiger partial charge is 0.221 e. The van der Waals surface area contributed by atoms with Crippen LogP contribution in [0.4, 0.5) is 5.69 Å². The van der Waals surface area contributed by atoms with Crippen molar-refractivity contribution in [3.63, 3.8) is 0 Å². The second-order valence-corrected chi connectivity index (χ2v) is 6.58. The predicted molar refractivity (Wildman–Crippen MR) is 100 cm³/mol. The summed E-state index contributed by atoms with van der Waals surface area (Å²) in [7, 11) is 0. The van der Waals surface area contributed by atoms with Crippen LogP contribution in [0.3, 0.4) is 0 Å². The summed E-state index contributed by atoms with van der Waals surface area (Å²) in [5.74, 6) is -0.0174. The van der Waals surface area contributed by atoms with Crippen molar-refractivity contribution >= 4 is 22.5 Å². The average Bonchev–Trinajstić information content (AvgIpc) is 2.61. The maximum atomic E-state index is 11.4. The molecule has 2 aromatic carbocycles. The first-order valence-electron chi connectivity index (χ1n) is 8.64. The van der Waals surface area contributed by atoms with Crippen molar-refractivity contribution < 1.29 is 4.79 Å². The standard InChI is InChI=1S/C21H21N3O/c1-15(25)22-21-8-4-6-17-13-24(12-11-19(17)21)14-18-10-9-16-5-2-3-7-20(16)23-18/h2-10H,11-14H2,1H3,(H,22,25). The van der Waals surface area contributed by atoms with Gasteiger partial charge in [-0.25, -0.2) is 0 Å². The monoisotopic (exact) mass is 331 g/mol. The lowest BCUT2D eigenvalue weighted by Gasteiger charge is -2.29. The summed E-state index contributed by atoms with van der Waals surface area (Å²) in [6.45, 7) is 4.25. The average molecular weight is 331 g/mol. The summed E-state index contributed by atoms with van der Waals surface area (Å²) in [6.07, 6.45) is 0.944. The Morgan fingerprint density at radius 1 is 1.12 bits per heavy atom. The Bertz CT molecular complexity index is 935. The topological polar surface area (TPSA) is 45.2 Å². The largest absolute Gasteiger partial charge is 0.326 e. The van der Waals surface area contributed by atoms with Gasteiger partial charge in [-0.15, -0.1) is 0 Å². The number of benzene rings is 2. The number of nitrogens with zero attached hydrogens (tertiary/aromatic N) is 2. The van der Waals surface area contributed by atoms with Crippen molar-refractivity contribution in [2.45, 2.75) is 26.4 Å². The number of hydrogen-bond donors (Lipinski definition) is 1. The van der Waals surface area contributed by atoms with Crippen LogP contribution in [-0.2, 0) is 24.3 Å². The molecule has 1 amide bonds. The number of aromatic nitrogens is 1. The number of amides is 1. The molecule has 4 rings (SSSR count). The van der Waals surface area contributed by atoms with Crippen LogP contribution in [0, 0.1) is 0 Å². The van der Waals surface area contributed by atoms with Gasteiger partial charge in [-0.2, -0.15) is 0 Å². The minimum Gasteiger partial charge on any atom is -0.326 e. The molecule has 0 fully saturated rings. The van der Waals surface area contributed by atoms with E-state index in [2.05, 4.69) is 40.5 Å². The minimum atomic E-state index is -0.0174. The number of pyridine rings is 1. The molecule has 25 heavy (non-hydrogen) atoms. The van der Waals surface area contributed by atoms with Crippen molar-refractivity contribution in [1.82, 2.24) is 9.88 Å². The summed E-state index contributed by atoms with van der Waals surface area (Å²) < 4.78 is 0. The van der Waals surface area contributed by atoms with Crippen LogP contribution < -0.4 is 5.32 Å². The second-order valence-electron chi connectivity index (χ2n) is 6.58. The third-order valence-electron chi connectivity index (χ3n) is 4.70. The van der Waals surface area contributed by atoms with E-state index in [1.54, 1.807) is 6.92 Å². The van der Waals surface area contributed by atoms with E-state index >= 15 is 0 Å². The van der Waals surface area contributed by atoms with E-state index in [-0.39, 0.29) is 5.91 Å². The van der Waals surface area contributed by atoms with Crippen LogP contribution >= 0.6 is 0 Å². The maximum Gasteiger partial charge on any atom is 0.221 e. The summed E-state index contributed by atoms with van der Waals surface area (Å²) >= 11 is 0. The SMILES string of the molecule is CC(=O)Nc1cccc2c1CCN(Cc1ccc3ccccc3n1)C2. The normalized spacial score (nSPS) is 14.3. The van der Waals surface area contributed by atoms with Crippen LogP contribution in [0.15, 0.2) is 54.6 Å². The second kappa shape index (κ2) is 6.65. The van der Waals surface area contributed by atoms with Crippen molar-refractivity contribution in [3.8, 4) is 0 Å². The lowest BCUT2D eigenvalue weighted by molar-refractivity contribution is -0.114. The molecule has 1 N–H and O–H groups in total. The summed E-state index contributed by atoms with van der Waals surface area (Å²) in [5, 5.41) is 4.12. The number of carbonyl (C=O) groups excluding carboxylic acids is 1. The fraction of sp³-hybridized carbons (Fsp3) is 0.238. The number of anilines is 1. The van der Waals surface area contributed by atoms with Gasteiger partial charge in [0.25, 0.3) is 0 Å². The molecule has 1 aliphatic rings. The molecule has 0 saturated carbocycles. The maximum absolute atomic E-state index is 11.4. The minimum absolute atomic E-state index is 0.0174. The van der Waals surface area contributed by atoms with Gasteiger partial charge in [0.1, 0.15) is 0 Å². The molecule has 1 aromatic heterocycles. The molecule has 4 nitrogen and oxygen atoms in total. The highest BCUT2D eigenvalue weighted by molar-refractivity contribution is 5.89. The molecule has 0 saturated heterocycles. The number of para-hydroxylation sites is 1. The molecule has 0 atom stereocenters. The van der Waals surface area contributed by atoms with Gasteiger partial charge in [-0.3, -0.25) is 14.7 Å². The van der Waals surface area contributed by atoms with Crippen molar-refractivity contribution in [1.29, 1.82) is 0 Å². The van der Waals surface area contributed by atoms with Gasteiger partial charge in [0.2, 0.25) is 5.91 Å². The van der Waals surface area contributed by atoms with E-state index in [0.717, 1.165) is 43.0 Å². The van der Waals surface area contributed by atoms with E-state index in [1.165, 1.54) is 16.5 Å². The molecule has 4 heteroatoms. The van der Waals surface area contributed by atoms with Crippen LogP contribution in [0.25, 0.3) is 10.9 Å². The zero-order valence-corrected chi connectivity index (χ0v) is 14.3. The molecule has 1 aliphatic heterocycles. The summed E-state index contributed by atoms with van der Waals surface area (Å²) in [4.78, 5) is 18.6. The zero-order valence-electron chi connectivity index (χ0n) is 14.3. The Hall–Kier alpha value is -2.72. The Kier molecular flexibility index (Phi) is 4.20. The number of carbonyl (C=O) groups is 1. The van der Waals surface area contributed by atoms with Crippen molar-refractivity contribution in [2.24, 2.45) is 0 Å². The molecule has 0 unspecified atom stereocenters. The van der Waals surface area contributed by atoms with Crippen LogP contribution in [-0.4, -0.2) is 22.3 Å². The number of hydrogen-bond acceptors (Lipinski definition) is 3. The van der Waals surface area contributed by atoms with E-state index in [0.29, 0.717) is 0 Å². The van der Waals surface area contributed by atoms with Gasteiger partial charge in [0.05, 0.1) is 11.2 Å². The van der Waals surface area contributed by atoms with E-state index in [9.17, 15) is 4.79 Å². The first-order valence-corrected chi connectivity index (χ1v) is 8.64. The molecule has 2 heterocycles. The highest BCUT2D eigenvalue weighted by Crippen LogP contribution is 2.27. The lowest BCUT2D eigenvalue weighted by Crippen LogP contribution is -2.31. The molecule has 0 bridgehead atoms. The molecule has 126 valence electrons. The molecule has 0 aliphatic carbocycles. The molecular weight excluding hydrogens is 310 g/mol. The van der Waals surface area contributed by atoms with Gasteiger partial charge >= 0.3 is 0 Å². The third kappa shape index (κ3) is 3.39. The summed E-state index contributed by atoms with van der Waals surface area (Å²) in [5.41, 5.74) is 5.65. The fourth-order valence-corrected chi connectivity index (χ4v) is 3.54. The zero-order chi connectivity index (χ0) is 17.2. The third-order valence-corrected chi connectivity index (χ3v) is 4.70. The Labute approximate surface area is 147 Å². The van der Waals surface area contributed by atoms with Gasteiger partial charge in [-0.1, -0.05) is 36.4 Å². The lowest BCUT2D eigenvalue weighted by atomic mass is 9.97. The Morgan fingerprint density at radius 3 is 2.88 bits per heavy atom. The predicted octanol–water partition coefficient (Wildman–Crippen LogP) is 3.75. The summed E-state index contributed by atoms with van der Waals surface area (Å²) in [6, 6.07) is 18.6. The van der Waals surface area contributed by atoms with Crippen molar-refractivity contribution in [3.05, 3.63) is 71.4 Å².